The van der Waals surface area contributed by atoms with E-state index in [0.717, 1.165) is 6.04 Å². The molecule has 2 aliphatic rings. The second-order valence-corrected chi connectivity index (χ2v) is 6.27. The van der Waals surface area contributed by atoms with Crippen LogP contribution in [0, 0.1) is 5.41 Å². The van der Waals surface area contributed by atoms with Gasteiger partial charge in [-0.05, 0) is 57.8 Å². The summed E-state index contributed by atoms with van der Waals surface area (Å²) in [6.45, 7) is 7.39. The van der Waals surface area contributed by atoms with E-state index in [0.29, 0.717) is 5.41 Å². The highest BCUT2D eigenvalue weighted by Crippen LogP contribution is 2.47. The molecule has 1 aliphatic heterocycles. The van der Waals surface area contributed by atoms with Crippen molar-refractivity contribution in [1.82, 2.24) is 9.80 Å². The molecule has 0 radical (unpaired) electrons. The van der Waals surface area contributed by atoms with Crippen LogP contribution in [0.15, 0.2) is 0 Å². The van der Waals surface area contributed by atoms with Crippen LogP contribution in [0.4, 0.5) is 0 Å². The van der Waals surface area contributed by atoms with Crippen molar-refractivity contribution in [2.24, 2.45) is 5.41 Å². The van der Waals surface area contributed by atoms with E-state index in [1.54, 1.807) is 0 Å². The molecule has 0 unspecified atom stereocenters. The van der Waals surface area contributed by atoms with Crippen LogP contribution in [0.25, 0.3) is 0 Å². The largest absolute Gasteiger partial charge is 0.303 e. The van der Waals surface area contributed by atoms with E-state index < -0.39 is 0 Å². The van der Waals surface area contributed by atoms with Gasteiger partial charge >= 0.3 is 0 Å². The summed E-state index contributed by atoms with van der Waals surface area (Å²) in [7, 11) is 2.33. The van der Waals surface area contributed by atoms with Gasteiger partial charge in [-0.15, -0.1) is 0 Å². The van der Waals surface area contributed by atoms with E-state index in [1.807, 2.05) is 0 Å². The van der Waals surface area contributed by atoms with Gasteiger partial charge in [0.05, 0.1) is 0 Å². The molecular weight excluding hydrogens is 264 g/mol. The highest BCUT2D eigenvalue weighted by atomic mass is 79.9. The van der Waals surface area contributed by atoms with Gasteiger partial charge in [0.1, 0.15) is 0 Å². The molecule has 1 saturated carbocycles. The van der Waals surface area contributed by atoms with Gasteiger partial charge in [0.2, 0.25) is 0 Å². The topological polar surface area (TPSA) is 6.48 Å². The zero-order chi connectivity index (χ0) is 11.6. The molecule has 94 valence electrons. The Morgan fingerprint density at radius 3 is 2.38 bits per heavy atom. The van der Waals surface area contributed by atoms with Crippen molar-refractivity contribution < 1.29 is 0 Å². The van der Waals surface area contributed by atoms with Crippen molar-refractivity contribution in [3.8, 4) is 0 Å². The fraction of sp³-hybridized carbons (Fsp3) is 1.00. The quantitative estimate of drug-likeness (QED) is 0.718. The molecule has 1 saturated heterocycles. The Kier molecular flexibility index (Phi) is 4.31. The second kappa shape index (κ2) is 5.36. The van der Waals surface area contributed by atoms with Crippen LogP contribution in [0.5, 0.6) is 0 Å². The molecule has 1 heterocycles. The highest BCUT2D eigenvalue weighted by molar-refractivity contribution is 9.09. The van der Waals surface area contributed by atoms with Crippen molar-refractivity contribution in [3.63, 3.8) is 0 Å². The molecule has 0 aromatic rings. The molecule has 0 bridgehead atoms. The maximum absolute atomic E-state index is 3.67. The lowest BCUT2D eigenvalue weighted by atomic mass is 10.0. The molecule has 0 aromatic carbocycles. The minimum Gasteiger partial charge on any atom is -0.303 e. The molecule has 0 amide bonds. The maximum atomic E-state index is 3.67. The predicted octanol–water partition coefficient (Wildman–Crippen LogP) is 2.58. The van der Waals surface area contributed by atoms with Gasteiger partial charge < -0.3 is 9.80 Å². The molecule has 2 rings (SSSR count). The van der Waals surface area contributed by atoms with Crippen molar-refractivity contribution in [2.45, 2.75) is 38.6 Å². The number of nitrogens with zero attached hydrogens (tertiary/aromatic N) is 2. The molecule has 2 nitrogen and oxygen atoms in total. The Bertz CT molecular complexity index is 220. The summed E-state index contributed by atoms with van der Waals surface area (Å²) >= 11 is 3.67. The average molecular weight is 289 g/mol. The van der Waals surface area contributed by atoms with E-state index >= 15 is 0 Å². The SMILES string of the molecule is CCN1CCC(N(C)CC2(CBr)CC2)CC1. The number of hydrogen-bond donors (Lipinski definition) is 0. The third kappa shape index (κ3) is 2.99. The highest BCUT2D eigenvalue weighted by Gasteiger charge is 2.43. The summed E-state index contributed by atoms with van der Waals surface area (Å²) in [5.74, 6) is 0. The van der Waals surface area contributed by atoms with E-state index in [4.69, 9.17) is 0 Å². The summed E-state index contributed by atoms with van der Waals surface area (Å²) in [6, 6.07) is 0.833. The first-order chi connectivity index (χ1) is 7.69. The minimum atomic E-state index is 0.636. The summed E-state index contributed by atoms with van der Waals surface area (Å²) in [4.78, 5) is 5.20. The van der Waals surface area contributed by atoms with Gasteiger partial charge in [0.15, 0.2) is 0 Å². The van der Waals surface area contributed by atoms with Crippen LogP contribution in [0.3, 0.4) is 0 Å². The molecule has 0 spiro atoms. The predicted molar refractivity (Wildman–Crippen MR) is 73.2 cm³/mol. The van der Waals surface area contributed by atoms with E-state index in [1.165, 1.54) is 57.2 Å². The normalized spacial score (nSPS) is 26.2. The lowest BCUT2D eigenvalue weighted by molar-refractivity contribution is 0.118. The van der Waals surface area contributed by atoms with E-state index in [2.05, 4.69) is 39.7 Å². The Labute approximate surface area is 108 Å². The third-order valence-corrected chi connectivity index (χ3v) is 5.64. The lowest BCUT2D eigenvalue weighted by Crippen LogP contribution is -2.45. The van der Waals surface area contributed by atoms with Crippen molar-refractivity contribution in [3.05, 3.63) is 0 Å². The summed E-state index contributed by atoms with van der Waals surface area (Å²) in [5, 5.41) is 1.19. The molecule has 3 heteroatoms. The summed E-state index contributed by atoms with van der Waals surface area (Å²) in [6.07, 6.45) is 5.58. The fourth-order valence-electron chi connectivity index (χ4n) is 2.85. The first kappa shape index (κ1) is 12.8. The first-order valence-electron chi connectivity index (χ1n) is 6.68. The molecular formula is C13H25BrN2. The van der Waals surface area contributed by atoms with Crippen LogP contribution in [0.1, 0.15) is 32.6 Å². The van der Waals surface area contributed by atoms with Crippen LogP contribution >= 0.6 is 15.9 Å². The minimum absolute atomic E-state index is 0.636. The average Bonchev–Trinajstić information content (AvgIpc) is 3.09. The van der Waals surface area contributed by atoms with E-state index in [-0.39, 0.29) is 0 Å². The molecule has 0 aromatic heterocycles. The monoisotopic (exact) mass is 288 g/mol. The Balaban J connectivity index is 1.76. The zero-order valence-corrected chi connectivity index (χ0v) is 12.3. The lowest BCUT2D eigenvalue weighted by Gasteiger charge is -2.37. The zero-order valence-electron chi connectivity index (χ0n) is 10.7. The van der Waals surface area contributed by atoms with Gasteiger partial charge in [-0.1, -0.05) is 22.9 Å². The van der Waals surface area contributed by atoms with Crippen LogP contribution in [-0.4, -0.2) is 54.4 Å². The number of hydrogen-bond acceptors (Lipinski definition) is 2. The molecule has 16 heavy (non-hydrogen) atoms. The molecule has 0 N–H and O–H groups in total. The smallest absolute Gasteiger partial charge is 0.0117 e. The number of alkyl halides is 1. The Morgan fingerprint density at radius 1 is 1.31 bits per heavy atom. The van der Waals surface area contributed by atoms with Crippen LogP contribution in [-0.2, 0) is 0 Å². The number of halogens is 1. The van der Waals surface area contributed by atoms with Crippen molar-refractivity contribution >= 4 is 15.9 Å². The van der Waals surface area contributed by atoms with Gasteiger partial charge in [0.25, 0.3) is 0 Å². The number of piperidine rings is 1. The van der Waals surface area contributed by atoms with Gasteiger partial charge in [-0.25, -0.2) is 0 Å². The van der Waals surface area contributed by atoms with Gasteiger partial charge in [0, 0.05) is 17.9 Å². The Hall–Kier alpha value is 0.400. The third-order valence-electron chi connectivity index (χ3n) is 4.45. The van der Waals surface area contributed by atoms with Crippen LogP contribution in [0.2, 0.25) is 0 Å². The molecule has 0 atom stereocenters. The van der Waals surface area contributed by atoms with Crippen molar-refractivity contribution in [2.75, 3.05) is 38.6 Å². The van der Waals surface area contributed by atoms with Crippen LogP contribution < -0.4 is 0 Å². The number of likely N-dealkylation sites (tertiary alicyclic amines) is 1. The summed E-state index contributed by atoms with van der Waals surface area (Å²) in [5.41, 5.74) is 0.636. The maximum Gasteiger partial charge on any atom is 0.0117 e. The second-order valence-electron chi connectivity index (χ2n) is 5.71. The molecule has 1 aliphatic carbocycles. The fourth-order valence-corrected chi connectivity index (χ4v) is 3.58. The Morgan fingerprint density at radius 2 is 1.94 bits per heavy atom. The first-order valence-corrected chi connectivity index (χ1v) is 7.80. The van der Waals surface area contributed by atoms with Gasteiger partial charge in [-0.3, -0.25) is 0 Å². The molecule has 2 fully saturated rings. The number of rotatable bonds is 5. The summed E-state index contributed by atoms with van der Waals surface area (Å²) < 4.78 is 0. The van der Waals surface area contributed by atoms with E-state index in [9.17, 15) is 0 Å². The van der Waals surface area contributed by atoms with Crippen molar-refractivity contribution in [1.29, 1.82) is 0 Å². The van der Waals surface area contributed by atoms with Gasteiger partial charge in [-0.2, -0.15) is 0 Å². The standard InChI is InChI=1S/C13H25BrN2/c1-3-16-8-4-12(5-9-16)15(2)11-13(10-14)6-7-13/h12H,3-11H2,1-2H3.